The Morgan fingerprint density at radius 2 is 2.00 bits per heavy atom. The van der Waals surface area contributed by atoms with E-state index in [1.54, 1.807) is 4.90 Å². The number of ether oxygens (including phenoxy) is 1. The van der Waals surface area contributed by atoms with Crippen LogP contribution >= 0.6 is 34.4 Å². The monoisotopic (exact) mass is 484 g/mol. The third kappa shape index (κ3) is 3.55. The van der Waals surface area contributed by atoms with Gasteiger partial charge in [-0.05, 0) is 67.5 Å². The fourth-order valence-corrected chi connectivity index (χ4v) is 4.58. The lowest BCUT2D eigenvalue weighted by Crippen LogP contribution is -2.41. The molecule has 2 aliphatic heterocycles. The molecule has 1 aromatic carbocycles. The van der Waals surface area contributed by atoms with Crippen molar-refractivity contribution in [1.82, 2.24) is 4.90 Å². The van der Waals surface area contributed by atoms with Gasteiger partial charge in [0.2, 0.25) is 5.91 Å². The third-order valence-corrected chi connectivity index (χ3v) is 6.31. The number of rotatable bonds is 4. The van der Waals surface area contributed by atoms with Gasteiger partial charge in [0, 0.05) is 3.57 Å². The summed E-state index contributed by atoms with van der Waals surface area (Å²) in [4.78, 5) is 32.0. The Bertz CT molecular complexity index is 802. The Balaban J connectivity index is 2.12. The maximum atomic E-state index is 13.0. The van der Waals surface area contributed by atoms with E-state index in [4.69, 9.17) is 4.74 Å². The van der Waals surface area contributed by atoms with Gasteiger partial charge in [-0.3, -0.25) is 9.69 Å². The predicted molar refractivity (Wildman–Crippen MR) is 112 cm³/mol. The van der Waals surface area contributed by atoms with E-state index in [2.05, 4.69) is 27.6 Å². The predicted octanol–water partition coefficient (Wildman–Crippen LogP) is 4.28. The number of nitrogens with zero attached hydrogens (tertiary/aromatic N) is 2. The summed E-state index contributed by atoms with van der Waals surface area (Å²) in [6.45, 7) is 7.43. The van der Waals surface area contributed by atoms with Crippen LogP contribution in [0, 0.1) is 3.57 Å². The molecule has 7 heteroatoms. The molecule has 1 saturated heterocycles. The molecular weight excluding hydrogens is 463 g/mol. The van der Waals surface area contributed by atoms with E-state index < -0.39 is 12.0 Å². The van der Waals surface area contributed by atoms with Gasteiger partial charge in [0.25, 0.3) is 0 Å². The van der Waals surface area contributed by atoms with Crippen molar-refractivity contribution in [3.05, 3.63) is 44.7 Å². The number of carbonyl (C=O) groups is 2. The van der Waals surface area contributed by atoms with Crippen LogP contribution in [0.3, 0.4) is 0 Å². The van der Waals surface area contributed by atoms with E-state index >= 15 is 0 Å². The van der Waals surface area contributed by atoms with Crippen molar-refractivity contribution in [1.29, 1.82) is 0 Å². The zero-order chi connectivity index (χ0) is 19.0. The number of amidine groups is 1. The summed E-state index contributed by atoms with van der Waals surface area (Å²) in [7, 11) is 0. The van der Waals surface area contributed by atoms with Gasteiger partial charge in [0.05, 0.1) is 28.7 Å². The minimum atomic E-state index is -0.498. The van der Waals surface area contributed by atoms with E-state index in [1.807, 2.05) is 52.0 Å². The van der Waals surface area contributed by atoms with Crippen molar-refractivity contribution in [2.24, 2.45) is 4.99 Å². The fourth-order valence-electron chi connectivity index (χ4n) is 3.09. The Hall–Kier alpha value is -1.35. The highest BCUT2D eigenvalue weighted by molar-refractivity contribution is 14.1. The molecule has 138 valence electrons. The second kappa shape index (κ2) is 7.72. The minimum Gasteiger partial charge on any atom is -0.459 e. The molecule has 0 bridgehead atoms. The Kier molecular flexibility index (Phi) is 5.76. The van der Waals surface area contributed by atoms with Crippen molar-refractivity contribution in [2.45, 2.75) is 51.5 Å². The molecule has 0 unspecified atom stereocenters. The third-order valence-electron chi connectivity index (χ3n) is 4.27. The van der Waals surface area contributed by atoms with Gasteiger partial charge in [-0.25, -0.2) is 9.79 Å². The lowest BCUT2D eigenvalue weighted by atomic mass is 9.94. The Morgan fingerprint density at radius 1 is 1.35 bits per heavy atom. The summed E-state index contributed by atoms with van der Waals surface area (Å²) in [5.41, 5.74) is 1.94. The number of aliphatic imine (C=N–C) groups is 1. The molecule has 0 radical (unpaired) electrons. The van der Waals surface area contributed by atoms with Crippen LogP contribution in [0.5, 0.6) is 0 Å². The van der Waals surface area contributed by atoms with E-state index in [9.17, 15) is 9.59 Å². The standard InChI is InChI=1S/C19H21IN2O3S/c1-5-14-17(23)22-16(12-6-8-13(20)9-7-12)15(18(24)25-10(2)3)11(4)21-19(22)26-14/h6-10,14,16H,5H2,1-4H3/t14-,16+/m1/s1. The highest BCUT2D eigenvalue weighted by Crippen LogP contribution is 2.44. The van der Waals surface area contributed by atoms with Crippen LogP contribution in [0.2, 0.25) is 0 Å². The quantitative estimate of drug-likeness (QED) is 0.473. The smallest absolute Gasteiger partial charge is 0.338 e. The summed E-state index contributed by atoms with van der Waals surface area (Å²) >= 11 is 3.71. The number of thioether (sulfide) groups is 1. The molecule has 5 nitrogen and oxygen atoms in total. The van der Waals surface area contributed by atoms with Crippen molar-refractivity contribution >= 4 is 51.4 Å². The van der Waals surface area contributed by atoms with E-state index in [0.29, 0.717) is 16.4 Å². The van der Waals surface area contributed by atoms with Crippen molar-refractivity contribution in [3.8, 4) is 0 Å². The first kappa shape index (κ1) is 19.4. The molecule has 2 atom stereocenters. The van der Waals surface area contributed by atoms with Gasteiger partial charge in [-0.1, -0.05) is 30.8 Å². The molecule has 2 aliphatic rings. The van der Waals surface area contributed by atoms with Crippen LogP contribution in [0.4, 0.5) is 0 Å². The van der Waals surface area contributed by atoms with Gasteiger partial charge < -0.3 is 4.74 Å². The van der Waals surface area contributed by atoms with Crippen molar-refractivity contribution in [3.63, 3.8) is 0 Å². The van der Waals surface area contributed by atoms with Crippen LogP contribution < -0.4 is 0 Å². The van der Waals surface area contributed by atoms with Crippen molar-refractivity contribution in [2.75, 3.05) is 0 Å². The van der Waals surface area contributed by atoms with E-state index in [-0.39, 0.29) is 17.3 Å². The van der Waals surface area contributed by atoms with E-state index in [0.717, 1.165) is 15.6 Å². The molecule has 0 saturated carbocycles. The number of hydrogen-bond donors (Lipinski definition) is 0. The van der Waals surface area contributed by atoms with Crippen LogP contribution in [0.15, 0.2) is 40.5 Å². The fraction of sp³-hybridized carbons (Fsp3) is 0.421. The second-order valence-electron chi connectivity index (χ2n) is 6.52. The number of carbonyl (C=O) groups excluding carboxylic acids is 2. The number of fused-ring (bicyclic) bond motifs is 1. The average molecular weight is 484 g/mol. The van der Waals surface area contributed by atoms with Gasteiger partial charge in [-0.2, -0.15) is 0 Å². The van der Waals surface area contributed by atoms with Crippen LogP contribution in [0.25, 0.3) is 0 Å². The van der Waals surface area contributed by atoms with E-state index in [1.165, 1.54) is 11.8 Å². The second-order valence-corrected chi connectivity index (χ2v) is 8.94. The maximum Gasteiger partial charge on any atom is 0.338 e. The Morgan fingerprint density at radius 3 is 2.58 bits per heavy atom. The normalized spacial score (nSPS) is 22.6. The summed E-state index contributed by atoms with van der Waals surface area (Å²) in [6, 6.07) is 7.38. The first-order valence-electron chi connectivity index (χ1n) is 8.59. The topological polar surface area (TPSA) is 59.0 Å². The number of esters is 1. The Labute approximate surface area is 171 Å². The highest BCUT2D eigenvalue weighted by Gasteiger charge is 2.47. The molecule has 1 aromatic rings. The molecule has 0 spiro atoms. The largest absolute Gasteiger partial charge is 0.459 e. The van der Waals surface area contributed by atoms with Crippen molar-refractivity contribution < 1.29 is 14.3 Å². The number of benzene rings is 1. The average Bonchev–Trinajstić information content (AvgIpc) is 2.89. The molecule has 0 aromatic heterocycles. The molecule has 1 amide bonds. The molecule has 1 fully saturated rings. The molecule has 0 aliphatic carbocycles. The summed E-state index contributed by atoms with van der Waals surface area (Å²) in [6.07, 6.45) is 0.487. The van der Waals surface area contributed by atoms with Gasteiger partial charge in [0.15, 0.2) is 5.17 Å². The lowest BCUT2D eigenvalue weighted by molar-refractivity contribution is -0.143. The maximum absolute atomic E-state index is 13.0. The highest BCUT2D eigenvalue weighted by atomic mass is 127. The molecule has 3 rings (SSSR count). The first-order chi connectivity index (χ1) is 12.3. The van der Waals surface area contributed by atoms with Gasteiger partial charge in [-0.15, -0.1) is 0 Å². The lowest BCUT2D eigenvalue weighted by Gasteiger charge is -2.33. The SMILES string of the molecule is CC[C@H]1SC2=NC(C)=C(C(=O)OC(C)C)[C@H](c3ccc(I)cc3)N2C1=O. The van der Waals surface area contributed by atoms with Crippen LogP contribution in [-0.2, 0) is 14.3 Å². The van der Waals surface area contributed by atoms with Crippen LogP contribution in [0.1, 0.15) is 45.7 Å². The van der Waals surface area contributed by atoms with Gasteiger partial charge >= 0.3 is 5.97 Å². The molecule has 26 heavy (non-hydrogen) atoms. The summed E-state index contributed by atoms with van der Waals surface area (Å²) < 4.78 is 6.55. The molecule has 0 N–H and O–H groups in total. The van der Waals surface area contributed by atoms with Crippen LogP contribution in [-0.4, -0.2) is 33.3 Å². The first-order valence-corrected chi connectivity index (χ1v) is 10.5. The zero-order valence-corrected chi connectivity index (χ0v) is 18.1. The minimum absolute atomic E-state index is 0.00199. The number of amides is 1. The molecule has 2 heterocycles. The summed E-state index contributed by atoms with van der Waals surface area (Å²) in [5, 5.41) is 0.511. The van der Waals surface area contributed by atoms with Gasteiger partial charge in [0.1, 0.15) is 0 Å². The zero-order valence-electron chi connectivity index (χ0n) is 15.2. The molecular formula is C19H21IN2O3S. The summed E-state index contributed by atoms with van der Waals surface area (Å²) in [5.74, 6) is -0.413. The number of hydrogen-bond acceptors (Lipinski definition) is 5. The number of halogens is 1. The number of allylic oxidation sites excluding steroid dienone is 1.